The molecular weight excluding hydrogens is 910 g/mol. The van der Waals surface area contributed by atoms with Gasteiger partial charge in [0.15, 0.2) is 0 Å². The number of hydrogen-bond donors (Lipinski definition) is 2. The van der Waals surface area contributed by atoms with E-state index in [1.54, 1.807) is 0 Å². The van der Waals surface area contributed by atoms with Crippen molar-refractivity contribution < 1.29 is 39.3 Å². The predicted molar refractivity (Wildman–Crippen MR) is 251 cm³/mol. The van der Waals surface area contributed by atoms with Crippen LogP contribution in [-0.4, -0.2) is 47.2 Å². The van der Waals surface area contributed by atoms with Gasteiger partial charge in [-0.15, -0.1) is 22.7 Å². The maximum atomic E-state index is 10.8. The van der Waals surface area contributed by atoms with E-state index < -0.39 is 11.9 Å². The van der Waals surface area contributed by atoms with Crippen molar-refractivity contribution in [2.24, 2.45) is 0 Å². The molecule has 6 heterocycles. The van der Waals surface area contributed by atoms with Crippen LogP contribution in [0.25, 0.3) is 55.2 Å². The molecule has 0 aliphatic carbocycles. The van der Waals surface area contributed by atoms with E-state index in [1.807, 2.05) is 35.1 Å². The number of thiocarbonyl (C=S) groups is 1. The standard InChI is InChI=1S/C34H44N2S2.C12H8N2O4.CNS.H2N.Ru/c1-3-5-7-9-11-13-15-29-17-19-33(37-29)27-21-23-35-31(25-27)32-26-28(22-24-36-32)34-20-18-30(38-34)16-14-12-10-8-6-4-2;15-11(16)7-1-3-13-9(5-7)10-6-8(12(17)18)2-4-14-10;2-1-3;;/h17-26H,3-16H2,1-2H3;1-6H,(H,15,16)(H,17,18);;1H2;/q;;2*-1;+2. The quantitative estimate of drug-likeness (QED) is 0.0325. The van der Waals surface area contributed by atoms with Gasteiger partial charge in [0.2, 0.25) is 0 Å². The molecule has 6 aromatic rings. The number of carboxylic acid groups (broad SMARTS) is 2. The summed E-state index contributed by atoms with van der Waals surface area (Å²) in [7, 11) is 0. The number of nitrogens with two attached hydrogens (primary N) is 1. The van der Waals surface area contributed by atoms with Crippen molar-refractivity contribution in [1.82, 2.24) is 19.9 Å². The average molecular weight is 964 g/mol. The molecule has 0 saturated heterocycles. The number of aryl methyl sites for hydroxylation is 2. The van der Waals surface area contributed by atoms with Gasteiger partial charge >= 0.3 is 31.4 Å². The number of nitrogens with zero attached hydrogens (tertiary/aromatic N) is 5. The Morgan fingerprint density at radius 1 is 0.557 bits per heavy atom. The van der Waals surface area contributed by atoms with Crippen molar-refractivity contribution in [3.05, 3.63) is 130 Å². The van der Waals surface area contributed by atoms with Gasteiger partial charge in [-0.2, -0.15) is 5.16 Å². The van der Waals surface area contributed by atoms with Crippen LogP contribution in [-0.2, 0) is 32.3 Å². The van der Waals surface area contributed by atoms with Crippen LogP contribution in [0.3, 0.4) is 0 Å². The summed E-state index contributed by atoms with van der Waals surface area (Å²) in [5, 5.41) is 26.2. The topological polar surface area (TPSA) is 182 Å². The maximum absolute atomic E-state index is 10.8. The van der Waals surface area contributed by atoms with E-state index in [9.17, 15) is 9.59 Å². The number of unbranched alkanes of at least 4 members (excludes halogenated alkanes) is 10. The van der Waals surface area contributed by atoms with Crippen molar-refractivity contribution in [2.45, 2.75) is 104 Å². The molecule has 6 aromatic heterocycles. The third-order valence-electron chi connectivity index (χ3n) is 9.50. The largest absolute Gasteiger partial charge is 2.00 e. The van der Waals surface area contributed by atoms with Crippen molar-refractivity contribution in [3.63, 3.8) is 0 Å². The van der Waals surface area contributed by atoms with Crippen LogP contribution in [0.5, 0.6) is 0 Å². The molecule has 0 fully saturated rings. The summed E-state index contributed by atoms with van der Waals surface area (Å²) in [5.74, 6) is -2.15. The first kappa shape index (κ1) is 52.5. The molecule has 322 valence electrons. The summed E-state index contributed by atoms with van der Waals surface area (Å²) in [6.07, 6.45) is 25.1. The predicted octanol–water partition coefficient (Wildman–Crippen LogP) is 14.3. The van der Waals surface area contributed by atoms with Gasteiger partial charge in [-0.25, -0.2) is 9.59 Å². The Morgan fingerprint density at radius 3 is 1.25 bits per heavy atom. The van der Waals surface area contributed by atoms with Gasteiger partial charge in [0.05, 0.1) is 33.9 Å². The summed E-state index contributed by atoms with van der Waals surface area (Å²) in [6, 6.07) is 23.2. The minimum atomic E-state index is -1.08. The van der Waals surface area contributed by atoms with Crippen molar-refractivity contribution >= 4 is 52.0 Å². The summed E-state index contributed by atoms with van der Waals surface area (Å²) in [5.41, 5.74) is 5.14. The molecule has 6 rings (SSSR count). The smallest absolute Gasteiger partial charge is 0.753 e. The number of hydrogen-bond acceptors (Lipinski definition) is 9. The Kier molecular flexibility index (Phi) is 25.4. The molecule has 4 N–H and O–H groups in total. The van der Waals surface area contributed by atoms with Gasteiger partial charge in [-0.3, -0.25) is 19.9 Å². The molecule has 0 amide bonds. The Balaban J connectivity index is 0.000000467. The Morgan fingerprint density at radius 2 is 0.885 bits per heavy atom. The zero-order valence-corrected chi connectivity index (χ0v) is 38.9. The SMILES string of the molecule is CCCCCCCCc1ccc(-c2ccnc(-c3cc(-c4ccc(CCCCCCCC)s4)ccn3)c2)s1.O=C(O)c1ccnc(-c2cc(C(=O)O)ccn2)c1.[N-]=C=S.[NH2-].[Ru+2]. The van der Waals surface area contributed by atoms with Gasteiger partial charge in [0, 0.05) is 44.3 Å². The molecule has 0 aliphatic rings. The summed E-state index contributed by atoms with van der Waals surface area (Å²) in [4.78, 5) is 44.6. The van der Waals surface area contributed by atoms with Crippen LogP contribution in [0.15, 0.2) is 97.6 Å². The molecule has 14 heteroatoms. The first-order valence-corrected chi connectivity index (χ1v) is 22.3. The van der Waals surface area contributed by atoms with Crippen molar-refractivity contribution in [3.8, 4) is 43.7 Å². The number of isothiocyanates is 1. The zero-order chi connectivity index (χ0) is 42.2. The van der Waals surface area contributed by atoms with Gasteiger partial charge < -0.3 is 21.8 Å². The van der Waals surface area contributed by atoms with E-state index in [1.165, 1.54) is 162 Å². The van der Waals surface area contributed by atoms with E-state index in [0.717, 1.165) is 11.4 Å². The molecule has 10 nitrogen and oxygen atoms in total. The first-order chi connectivity index (χ1) is 28.8. The molecule has 0 unspecified atom stereocenters. The maximum Gasteiger partial charge on any atom is 2.00 e. The Bertz CT molecular complexity index is 2110. The van der Waals surface area contributed by atoms with Crippen molar-refractivity contribution in [1.29, 1.82) is 0 Å². The molecule has 61 heavy (non-hydrogen) atoms. The third-order valence-corrected chi connectivity index (χ3v) is 11.9. The van der Waals surface area contributed by atoms with Crippen LogP contribution in [0, 0.1) is 0 Å². The van der Waals surface area contributed by atoms with Crippen LogP contribution in [0.2, 0.25) is 0 Å². The number of aromatic carboxylic acids is 2. The van der Waals surface area contributed by atoms with E-state index >= 15 is 0 Å². The van der Waals surface area contributed by atoms with Gasteiger partial charge in [0.25, 0.3) is 0 Å². The minimum Gasteiger partial charge on any atom is -0.753 e. The number of thiophene rings is 2. The molecule has 0 bridgehead atoms. The zero-order valence-electron chi connectivity index (χ0n) is 34.7. The average Bonchev–Trinajstić information content (AvgIpc) is 3.95. The van der Waals surface area contributed by atoms with Crippen LogP contribution in [0.1, 0.15) is 121 Å². The minimum absolute atomic E-state index is 0. The second-order valence-corrected chi connectivity index (χ2v) is 16.5. The number of pyridine rings is 4. The number of carbonyl (C=O) groups is 2. The van der Waals surface area contributed by atoms with Crippen molar-refractivity contribution in [2.75, 3.05) is 0 Å². The van der Waals surface area contributed by atoms with Gasteiger partial charge in [0.1, 0.15) is 0 Å². The van der Waals surface area contributed by atoms with E-state index in [4.69, 9.17) is 15.6 Å². The second kappa shape index (κ2) is 29.6. The normalized spacial score (nSPS) is 10.1. The molecule has 0 aromatic carbocycles. The van der Waals surface area contributed by atoms with E-state index in [0.29, 0.717) is 11.4 Å². The van der Waals surface area contributed by atoms with Crippen LogP contribution in [0.4, 0.5) is 0 Å². The summed E-state index contributed by atoms with van der Waals surface area (Å²) < 4.78 is 0. The monoisotopic (exact) mass is 964 g/mol. The molecule has 0 atom stereocenters. The van der Waals surface area contributed by atoms with Crippen LogP contribution < -0.4 is 0 Å². The Labute approximate surface area is 386 Å². The Hall–Kier alpha value is -4.68. The fourth-order valence-corrected chi connectivity index (χ4v) is 8.44. The molecule has 0 radical (unpaired) electrons. The molecule has 0 saturated carbocycles. The van der Waals surface area contributed by atoms with E-state index in [2.05, 4.69) is 94.5 Å². The fourth-order valence-electron chi connectivity index (χ4n) is 6.35. The molecular formula is C47H54N6O4RuS3. The molecule has 0 aliphatic heterocycles. The van der Waals surface area contributed by atoms with Crippen LogP contribution >= 0.6 is 34.9 Å². The molecule has 0 spiro atoms. The third kappa shape index (κ3) is 18.1. The number of aromatic nitrogens is 4. The number of carboxylic acids is 2. The summed E-state index contributed by atoms with van der Waals surface area (Å²) in [6.45, 7) is 4.56. The first-order valence-electron chi connectivity index (χ1n) is 20.3. The fraction of sp³-hybridized carbons (Fsp3) is 0.340. The number of rotatable bonds is 20. The van der Waals surface area contributed by atoms with E-state index in [-0.39, 0.29) is 36.8 Å². The summed E-state index contributed by atoms with van der Waals surface area (Å²) >= 11 is 7.55. The van der Waals surface area contributed by atoms with Gasteiger partial charge in [-0.05, 0) is 110 Å². The van der Waals surface area contributed by atoms with Gasteiger partial charge in [-0.1, -0.05) is 90.3 Å². The second-order valence-electron chi connectivity index (χ2n) is 14.0.